The number of aryl methyl sites for hydroxylation is 1. The van der Waals surface area contributed by atoms with Crippen LogP contribution in [0.25, 0.3) is 0 Å². The van der Waals surface area contributed by atoms with E-state index in [1.165, 1.54) is 5.56 Å². The first-order valence-electron chi connectivity index (χ1n) is 8.96. The van der Waals surface area contributed by atoms with E-state index in [1.807, 2.05) is 32.0 Å². The minimum atomic E-state index is -3.55. The number of sulfonamides is 1. The molecule has 1 fully saturated rings. The molecule has 1 aliphatic heterocycles. The van der Waals surface area contributed by atoms with Crippen molar-refractivity contribution in [3.8, 4) is 0 Å². The molecule has 3 rings (SSSR count). The smallest absolute Gasteiger partial charge is 0.243 e. The zero-order chi connectivity index (χ0) is 18.7. The predicted octanol–water partition coefficient (Wildman–Crippen LogP) is 3.93. The first-order valence-corrected chi connectivity index (χ1v) is 10.8. The van der Waals surface area contributed by atoms with Crippen LogP contribution in [0.3, 0.4) is 0 Å². The van der Waals surface area contributed by atoms with Crippen LogP contribution in [-0.4, -0.2) is 43.3 Å². The number of likely N-dealkylation sites (tertiary alicyclic amines) is 1. The summed E-state index contributed by atoms with van der Waals surface area (Å²) in [7, 11) is -3.55. The highest BCUT2D eigenvalue weighted by atomic mass is 35.5. The summed E-state index contributed by atoms with van der Waals surface area (Å²) in [6.07, 6.45) is 0.847. The highest BCUT2D eigenvalue weighted by Gasteiger charge is 2.35. The van der Waals surface area contributed by atoms with E-state index in [4.69, 9.17) is 11.6 Å². The summed E-state index contributed by atoms with van der Waals surface area (Å²) in [4.78, 5) is 2.59. The van der Waals surface area contributed by atoms with Crippen molar-refractivity contribution in [2.45, 2.75) is 37.8 Å². The molecule has 1 unspecified atom stereocenters. The highest BCUT2D eigenvalue weighted by molar-refractivity contribution is 7.89. The van der Waals surface area contributed by atoms with Crippen molar-refractivity contribution in [1.82, 2.24) is 9.21 Å². The SMILES string of the molecule is CCN(C1CCN(Cc2ccccc2)C1)S(=O)(=O)c1ccc(C)c(Cl)c1. The normalized spacial score (nSPS) is 18.5. The highest BCUT2D eigenvalue weighted by Crippen LogP contribution is 2.27. The van der Waals surface area contributed by atoms with Gasteiger partial charge in [0.15, 0.2) is 0 Å². The van der Waals surface area contributed by atoms with Crippen LogP contribution >= 0.6 is 11.6 Å². The molecule has 140 valence electrons. The summed E-state index contributed by atoms with van der Waals surface area (Å²) in [6, 6.07) is 15.3. The summed E-state index contributed by atoms with van der Waals surface area (Å²) < 4.78 is 27.9. The van der Waals surface area contributed by atoms with Gasteiger partial charge in [-0.25, -0.2) is 8.42 Å². The van der Waals surface area contributed by atoms with Crippen LogP contribution in [0.15, 0.2) is 53.4 Å². The zero-order valence-corrected chi connectivity index (χ0v) is 16.8. The maximum atomic E-state index is 13.1. The molecule has 0 saturated carbocycles. The molecule has 1 atom stereocenters. The summed E-state index contributed by atoms with van der Waals surface area (Å²) in [5, 5.41) is 0.485. The largest absolute Gasteiger partial charge is 0.297 e. The van der Waals surface area contributed by atoms with Gasteiger partial charge < -0.3 is 0 Å². The molecule has 0 amide bonds. The number of hydrogen-bond acceptors (Lipinski definition) is 3. The Kier molecular flexibility index (Phi) is 6.03. The maximum Gasteiger partial charge on any atom is 0.243 e. The molecular formula is C20H25ClN2O2S. The molecule has 4 nitrogen and oxygen atoms in total. The molecule has 1 aliphatic rings. The lowest BCUT2D eigenvalue weighted by Gasteiger charge is -2.27. The topological polar surface area (TPSA) is 40.6 Å². The Morgan fingerprint density at radius 1 is 1.19 bits per heavy atom. The van der Waals surface area contributed by atoms with Gasteiger partial charge in [0.25, 0.3) is 0 Å². The summed E-state index contributed by atoms with van der Waals surface area (Å²) in [5.74, 6) is 0. The van der Waals surface area contributed by atoms with Gasteiger partial charge in [-0.3, -0.25) is 4.90 Å². The maximum absolute atomic E-state index is 13.1. The summed E-state index contributed by atoms with van der Waals surface area (Å²) in [6.45, 7) is 6.73. The average molecular weight is 393 g/mol. The zero-order valence-electron chi connectivity index (χ0n) is 15.2. The Hall–Kier alpha value is -1.40. The number of rotatable bonds is 6. The van der Waals surface area contributed by atoms with Gasteiger partial charge in [-0.1, -0.05) is 54.9 Å². The number of nitrogens with zero attached hydrogens (tertiary/aromatic N) is 2. The fraction of sp³-hybridized carbons (Fsp3) is 0.400. The fourth-order valence-corrected chi connectivity index (χ4v) is 5.45. The van der Waals surface area contributed by atoms with E-state index >= 15 is 0 Å². The Morgan fingerprint density at radius 3 is 2.58 bits per heavy atom. The second-order valence-corrected chi connectivity index (χ2v) is 9.08. The second-order valence-electron chi connectivity index (χ2n) is 6.78. The van der Waals surface area contributed by atoms with Gasteiger partial charge in [-0.2, -0.15) is 4.31 Å². The van der Waals surface area contributed by atoms with Crippen LogP contribution in [-0.2, 0) is 16.6 Å². The third kappa shape index (κ3) is 4.12. The molecule has 6 heteroatoms. The Bertz CT molecular complexity index is 855. The lowest BCUT2D eigenvalue weighted by Crippen LogP contribution is -2.41. The molecule has 0 bridgehead atoms. The van der Waals surface area contributed by atoms with Crippen molar-refractivity contribution in [3.05, 3.63) is 64.7 Å². The lowest BCUT2D eigenvalue weighted by atomic mass is 10.2. The van der Waals surface area contributed by atoms with Crippen LogP contribution in [0.1, 0.15) is 24.5 Å². The molecule has 0 N–H and O–H groups in total. The van der Waals surface area contributed by atoms with E-state index in [0.29, 0.717) is 11.6 Å². The molecule has 1 heterocycles. The van der Waals surface area contributed by atoms with Gasteiger partial charge in [0.2, 0.25) is 10.0 Å². The molecule has 2 aromatic carbocycles. The van der Waals surface area contributed by atoms with E-state index in [0.717, 1.165) is 31.6 Å². The minimum Gasteiger partial charge on any atom is -0.297 e. The van der Waals surface area contributed by atoms with Gasteiger partial charge in [0.05, 0.1) is 4.90 Å². The van der Waals surface area contributed by atoms with Crippen molar-refractivity contribution in [3.63, 3.8) is 0 Å². The van der Waals surface area contributed by atoms with Crippen LogP contribution in [0, 0.1) is 6.92 Å². The van der Waals surface area contributed by atoms with E-state index in [2.05, 4.69) is 17.0 Å². The molecular weight excluding hydrogens is 368 g/mol. The van der Waals surface area contributed by atoms with Crippen molar-refractivity contribution in [2.75, 3.05) is 19.6 Å². The molecule has 1 saturated heterocycles. The molecule has 0 aliphatic carbocycles. The molecule has 0 spiro atoms. The van der Waals surface area contributed by atoms with Gasteiger partial charge in [0, 0.05) is 37.2 Å². The van der Waals surface area contributed by atoms with Crippen molar-refractivity contribution < 1.29 is 8.42 Å². The molecule has 0 radical (unpaired) electrons. The van der Waals surface area contributed by atoms with Crippen LogP contribution < -0.4 is 0 Å². The first kappa shape index (κ1) is 19.4. The summed E-state index contributed by atoms with van der Waals surface area (Å²) >= 11 is 6.15. The number of likely N-dealkylation sites (N-methyl/N-ethyl adjacent to an activating group) is 1. The van der Waals surface area contributed by atoms with Crippen LogP contribution in [0.2, 0.25) is 5.02 Å². The number of hydrogen-bond donors (Lipinski definition) is 0. The lowest BCUT2D eigenvalue weighted by molar-refractivity contribution is 0.285. The van der Waals surface area contributed by atoms with E-state index in [1.54, 1.807) is 22.5 Å². The third-order valence-corrected chi connectivity index (χ3v) is 7.40. The van der Waals surface area contributed by atoms with Crippen LogP contribution in [0.5, 0.6) is 0 Å². The fourth-order valence-electron chi connectivity index (χ4n) is 3.53. The van der Waals surface area contributed by atoms with Gasteiger partial charge in [-0.15, -0.1) is 0 Å². The Balaban J connectivity index is 1.75. The quantitative estimate of drug-likeness (QED) is 0.747. The van der Waals surface area contributed by atoms with Crippen molar-refractivity contribution in [1.29, 1.82) is 0 Å². The summed E-state index contributed by atoms with van der Waals surface area (Å²) in [5.41, 5.74) is 2.13. The molecule has 26 heavy (non-hydrogen) atoms. The van der Waals surface area contributed by atoms with Crippen molar-refractivity contribution in [2.24, 2.45) is 0 Å². The molecule has 2 aromatic rings. The Morgan fingerprint density at radius 2 is 1.92 bits per heavy atom. The average Bonchev–Trinajstić information content (AvgIpc) is 3.06. The predicted molar refractivity (Wildman–Crippen MR) is 106 cm³/mol. The van der Waals surface area contributed by atoms with Gasteiger partial charge in [0.1, 0.15) is 0 Å². The third-order valence-electron chi connectivity index (χ3n) is 4.97. The van der Waals surface area contributed by atoms with Crippen molar-refractivity contribution >= 4 is 21.6 Å². The number of halogens is 1. The van der Waals surface area contributed by atoms with Gasteiger partial charge >= 0.3 is 0 Å². The van der Waals surface area contributed by atoms with E-state index in [9.17, 15) is 8.42 Å². The van der Waals surface area contributed by atoms with Gasteiger partial charge in [-0.05, 0) is 36.6 Å². The second kappa shape index (κ2) is 8.09. The first-order chi connectivity index (χ1) is 12.4. The van der Waals surface area contributed by atoms with E-state index in [-0.39, 0.29) is 10.9 Å². The monoisotopic (exact) mass is 392 g/mol. The number of benzene rings is 2. The standard InChI is InChI=1S/C20H25ClN2O2S/c1-3-23(26(24,25)19-10-9-16(2)20(21)13-19)18-11-12-22(15-18)14-17-7-5-4-6-8-17/h4-10,13,18H,3,11-12,14-15H2,1-2H3. The van der Waals surface area contributed by atoms with E-state index < -0.39 is 10.0 Å². The molecule has 0 aromatic heterocycles. The Labute approximate surface area is 161 Å². The van der Waals surface area contributed by atoms with Crippen LogP contribution in [0.4, 0.5) is 0 Å². The minimum absolute atomic E-state index is 0.00575.